The number of ether oxygens (including phenoxy) is 1. The molecule has 2 aromatic heterocycles. The Hall–Kier alpha value is -3.56. The summed E-state index contributed by atoms with van der Waals surface area (Å²) >= 11 is 1.41. The molecule has 3 heterocycles. The minimum atomic E-state index is -0.540. The van der Waals surface area contributed by atoms with Crippen molar-refractivity contribution in [1.82, 2.24) is 24.4 Å². The molecule has 1 aliphatic heterocycles. The summed E-state index contributed by atoms with van der Waals surface area (Å²) < 4.78 is 7.16. The first kappa shape index (κ1) is 23.2. The van der Waals surface area contributed by atoms with Gasteiger partial charge in [0, 0.05) is 44.4 Å². The SMILES string of the molecule is Cc1ccc(-c2nn3c(=O)cc(CN4CCN(C(=O)[C@H](C)Oc5ccccc5)CC4)nc3s2)cc1. The number of aryl methyl sites for hydroxylation is 1. The molecule has 2 aromatic carbocycles. The third-order valence-corrected chi connectivity index (χ3v) is 7.03. The van der Waals surface area contributed by atoms with Crippen LogP contribution in [0.3, 0.4) is 0 Å². The number of carbonyl (C=O) groups excluding carboxylic acids is 1. The highest BCUT2D eigenvalue weighted by molar-refractivity contribution is 7.19. The number of carbonyl (C=O) groups is 1. The van der Waals surface area contributed by atoms with Gasteiger partial charge in [0.1, 0.15) is 10.8 Å². The molecule has 180 valence electrons. The molecule has 0 aliphatic carbocycles. The van der Waals surface area contributed by atoms with E-state index in [-0.39, 0.29) is 11.5 Å². The van der Waals surface area contributed by atoms with Crippen LogP contribution in [0.25, 0.3) is 15.5 Å². The molecule has 0 saturated carbocycles. The third kappa shape index (κ3) is 5.26. The lowest BCUT2D eigenvalue weighted by molar-refractivity contribution is -0.139. The lowest BCUT2D eigenvalue weighted by Gasteiger charge is -2.35. The van der Waals surface area contributed by atoms with E-state index in [0.717, 1.165) is 16.3 Å². The molecule has 1 aliphatic rings. The second-order valence-electron chi connectivity index (χ2n) is 8.73. The first-order chi connectivity index (χ1) is 17.0. The summed E-state index contributed by atoms with van der Waals surface area (Å²) in [6, 6.07) is 19.0. The van der Waals surface area contributed by atoms with E-state index in [9.17, 15) is 9.59 Å². The Morgan fingerprint density at radius 1 is 1.06 bits per heavy atom. The number of hydrogen-bond donors (Lipinski definition) is 0. The monoisotopic (exact) mass is 489 g/mol. The second-order valence-corrected chi connectivity index (χ2v) is 9.68. The predicted octanol–water partition coefficient (Wildman–Crippen LogP) is 3.24. The van der Waals surface area contributed by atoms with E-state index in [4.69, 9.17) is 9.72 Å². The number of amides is 1. The molecule has 0 N–H and O–H groups in total. The summed E-state index contributed by atoms with van der Waals surface area (Å²) in [5.41, 5.74) is 2.68. The molecule has 1 saturated heterocycles. The van der Waals surface area contributed by atoms with Gasteiger partial charge >= 0.3 is 0 Å². The normalized spacial score (nSPS) is 15.3. The fourth-order valence-electron chi connectivity index (χ4n) is 4.12. The number of rotatable bonds is 6. The van der Waals surface area contributed by atoms with Crippen molar-refractivity contribution in [1.29, 1.82) is 0 Å². The van der Waals surface area contributed by atoms with Crippen molar-refractivity contribution in [3.05, 3.63) is 82.3 Å². The number of piperazine rings is 1. The smallest absolute Gasteiger partial charge is 0.275 e. The minimum Gasteiger partial charge on any atom is -0.481 e. The topological polar surface area (TPSA) is 80.0 Å². The molecule has 0 unspecified atom stereocenters. The molecule has 8 nitrogen and oxygen atoms in total. The minimum absolute atomic E-state index is 0.0143. The molecule has 0 bridgehead atoms. The number of fused-ring (bicyclic) bond motifs is 1. The Labute approximate surface area is 207 Å². The van der Waals surface area contributed by atoms with E-state index in [0.29, 0.717) is 43.4 Å². The van der Waals surface area contributed by atoms with E-state index < -0.39 is 6.10 Å². The van der Waals surface area contributed by atoms with Crippen LogP contribution in [0.1, 0.15) is 18.2 Å². The lowest BCUT2D eigenvalue weighted by atomic mass is 10.2. The Kier molecular flexibility index (Phi) is 6.61. The van der Waals surface area contributed by atoms with Crippen molar-refractivity contribution in [2.45, 2.75) is 26.5 Å². The highest BCUT2D eigenvalue weighted by Crippen LogP contribution is 2.24. The van der Waals surface area contributed by atoms with E-state index in [1.807, 2.05) is 66.4 Å². The fraction of sp³-hybridized carbons (Fsp3) is 0.308. The van der Waals surface area contributed by atoms with Crippen LogP contribution in [0.4, 0.5) is 0 Å². The Balaban J connectivity index is 1.21. The molecule has 0 spiro atoms. The lowest BCUT2D eigenvalue weighted by Crippen LogP contribution is -2.51. The van der Waals surface area contributed by atoms with Gasteiger partial charge in [0.2, 0.25) is 4.96 Å². The zero-order valence-corrected chi connectivity index (χ0v) is 20.6. The van der Waals surface area contributed by atoms with Crippen LogP contribution in [-0.2, 0) is 11.3 Å². The molecule has 4 aromatic rings. The quantitative estimate of drug-likeness (QED) is 0.414. The number of nitrogens with zero attached hydrogens (tertiary/aromatic N) is 5. The molecule has 1 atom stereocenters. The summed E-state index contributed by atoms with van der Waals surface area (Å²) in [7, 11) is 0. The maximum atomic E-state index is 12.8. The molecule has 1 fully saturated rings. The van der Waals surface area contributed by atoms with Crippen molar-refractivity contribution < 1.29 is 9.53 Å². The standard InChI is InChI=1S/C26H27N5O3S/c1-18-8-10-20(11-9-18)24-28-31-23(32)16-21(27-26(31)35-24)17-29-12-14-30(15-13-29)25(33)19(2)34-22-6-4-3-5-7-22/h3-11,16,19H,12-15,17H2,1-2H3/t19-/m0/s1. The Morgan fingerprint density at radius 2 is 1.77 bits per heavy atom. The maximum absolute atomic E-state index is 12.8. The van der Waals surface area contributed by atoms with Crippen LogP contribution in [0.2, 0.25) is 0 Å². The van der Waals surface area contributed by atoms with Gasteiger partial charge in [-0.1, -0.05) is 59.4 Å². The van der Waals surface area contributed by atoms with Gasteiger partial charge in [0.25, 0.3) is 11.5 Å². The van der Waals surface area contributed by atoms with Gasteiger partial charge in [0.05, 0.1) is 5.69 Å². The molecular weight excluding hydrogens is 462 g/mol. The molecule has 5 rings (SSSR count). The van der Waals surface area contributed by atoms with Gasteiger partial charge in [-0.15, -0.1) is 0 Å². The molecule has 9 heteroatoms. The van der Waals surface area contributed by atoms with E-state index in [2.05, 4.69) is 10.00 Å². The molecular formula is C26H27N5O3S. The van der Waals surface area contributed by atoms with Crippen LogP contribution < -0.4 is 10.3 Å². The van der Waals surface area contributed by atoms with Crippen LogP contribution >= 0.6 is 11.3 Å². The second kappa shape index (κ2) is 9.97. The first-order valence-corrected chi connectivity index (χ1v) is 12.5. The van der Waals surface area contributed by atoms with E-state index in [1.165, 1.54) is 21.4 Å². The number of para-hydroxylation sites is 1. The van der Waals surface area contributed by atoms with Crippen molar-refractivity contribution in [2.24, 2.45) is 0 Å². The summed E-state index contributed by atoms with van der Waals surface area (Å²) in [5, 5.41) is 5.24. The highest BCUT2D eigenvalue weighted by Gasteiger charge is 2.26. The average Bonchev–Trinajstić information content (AvgIpc) is 3.30. The van der Waals surface area contributed by atoms with Crippen molar-refractivity contribution in [3.8, 4) is 16.3 Å². The first-order valence-electron chi connectivity index (χ1n) is 11.7. The van der Waals surface area contributed by atoms with Crippen LogP contribution in [-0.4, -0.2) is 62.6 Å². The molecule has 35 heavy (non-hydrogen) atoms. The van der Waals surface area contributed by atoms with E-state index in [1.54, 1.807) is 13.0 Å². The van der Waals surface area contributed by atoms with Crippen LogP contribution in [0.5, 0.6) is 5.75 Å². The van der Waals surface area contributed by atoms with Crippen LogP contribution in [0, 0.1) is 6.92 Å². The zero-order valence-electron chi connectivity index (χ0n) is 19.8. The maximum Gasteiger partial charge on any atom is 0.275 e. The summed E-state index contributed by atoms with van der Waals surface area (Å²) in [6.45, 7) is 7.02. The highest BCUT2D eigenvalue weighted by atomic mass is 32.1. The van der Waals surface area contributed by atoms with Gasteiger partial charge in [-0.3, -0.25) is 14.5 Å². The number of hydrogen-bond acceptors (Lipinski definition) is 7. The molecule has 1 amide bonds. The van der Waals surface area contributed by atoms with E-state index >= 15 is 0 Å². The fourth-order valence-corrected chi connectivity index (χ4v) is 5.05. The van der Waals surface area contributed by atoms with Crippen molar-refractivity contribution in [2.75, 3.05) is 26.2 Å². The Bertz CT molecular complexity index is 1380. The van der Waals surface area contributed by atoms with Gasteiger partial charge in [-0.2, -0.15) is 9.61 Å². The van der Waals surface area contributed by atoms with Crippen molar-refractivity contribution >= 4 is 22.2 Å². The van der Waals surface area contributed by atoms with Gasteiger partial charge < -0.3 is 9.64 Å². The van der Waals surface area contributed by atoms with Gasteiger partial charge in [-0.05, 0) is 26.0 Å². The molecule has 0 radical (unpaired) electrons. The summed E-state index contributed by atoms with van der Waals surface area (Å²) in [4.78, 5) is 34.8. The Morgan fingerprint density at radius 3 is 2.49 bits per heavy atom. The van der Waals surface area contributed by atoms with Crippen molar-refractivity contribution in [3.63, 3.8) is 0 Å². The number of benzene rings is 2. The van der Waals surface area contributed by atoms with Gasteiger partial charge in [-0.25, -0.2) is 4.98 Å². The largest absolute Gasteiger partial charge is 0.481 e. The predicted molar refractivity (Wildman–Crippen MR) is 136 cm³/mol. The summed E-state index contributed by atoms with van der Waals surface area (Å²) in [5.74, 6) is 0.674. The number of aromatic nitrogens is 3. The summed E-state index contributed by atoms with van der Waals surface area (Å²) in [6.07, 6.45) is -0.540. The zero-order chi connectivity index (χ0) is 24.4. The van der Waals surface area contributed by atoms with Crippen LogP contribution in [0.15, 0.2) is 65.5 Å². The van der Waals surface area contributed by atoms with Gasteiger partial charge in [0.15, 0.2) is 6.10 Å². The third-order valence-electron chi connectivity index (χ3n) is 6.07. The average molecular weight is 490 g/mol.